The number of hydrogen-bond donors (Lipinski definition) is 0. The van der Waals surface area contributed by atoms with Crippen LogP contribution < -0.4 is 4.74 Å². The van der Waals surface area contributed by atoms with Crippen molar-refractivity contribution in [1.82, 2.24) is 4.31 Å². The lowest BCUT2D eigenvalue weighted by atomic mass is 10.0. The van der Waals surface area contributed by atoms with Crippen LogP contribution in [-0.2, 0) is 10.0 Å². The Morgan fingerprint density at radius 1 is 1.14 bits per heavy atom. The molecule has 1 aliphatic rings. The van der Waals surface area contributed by atoms with Gasteiger partial charge < -0.3 is 4.74 Å². The summed E-state index contributed by atoms with van der Waals surface area (Å²) in [6, 6.07) is 14.6. The van der Waals surface area contributed by atoms with Crippen LogP contribution in [0.4, 0.5) is 0 Å². The van der Waals surface area contributed by atoms with E-state index < -0.39 is 10.0 Å². The van der Waals surface area contributed by atoms with Crippen molar-refractivity contribution in [2.75, 3.05) is 19.7 Å². The van der Waals surface area contributed by atoms with Crippen LogP contribution in [0.25, 0.3) is 0 Å². The molecule has 0 bridgehead atoms. The molecule has 5 nitrogen and oxygen atoms in total. The zero-order chi connectivity index (χ0) is 20.1. The molecule has 0 atom stereocenters. The molecule has 0 fully saturated rings. The summed E-state index contributed by atoms with van der Waals surface area (Å²) < 4.78 is 34.0. The predicted molar refractivity (Wildman–Crippen MR) is 113 cm³/mol. The van der Waals surface area contributed by atoms with E-state index in [9.17, 15) is 8.42 Å². The second kappa shape index (κ2) is 8.78. The molecule has 0 saturated heterocycles. The number of amidine groups is 1. The molecule has 0 saturated carbocycles. The first kappa shape index (κ1) is 20.4. The Balaban J connectivity index is 1.93. The Morgan fingerprint density at radius 2 is 1.89 bits per heavy atom. The van der Waals surface area contributed by atoms with Gasteiger partial charge in [-0.05, 0) is 36.1 Å². The molecule has 0 aromatic heterocycles. The molecule has 0 aliphatic carbocycles. The zero-order valence-corrected chi connectivity index (χ0v) is 17.6. The van der Waals surface area contributed by atoms with Gasteiger partial charge in [0.1, 0.15) is 11.6 Å². The summed E-state index contributed by atoms with van der Waals surface area (Å²) in [5.74, 6) is 1.43. The minimum Gasteiger partial charge on any atom is -0.493 e. The highest BCUT2D eigenvalue weighted by Crippen LogP contribution is 2.31. The molecule has 0 spiro atoms. The fourth-order valence-corrected chi connectivity index (χ4v) is 4.69. The lowest BCUT2D eigenvalue weighted by molar-refractivity contribution is 0.305. The summed E-state index contributed by atoms with van der Waals surface area (Å²) in [5, 5.41) is 0. The maximum atomic E-state index is 13.4. The van der Waals surface area contributed by atoms with Crippen molar-refractivity contribution >= 4 is 15.9 Å². The number of unbranched alkanes of at least 4 members (excludes halogenated alkanes) is 1. The van der Waals surface area contributed by atoms with Gasteiger partial charge >= 0.3 is 0 Å². The molecule has 150 valence electrons. The average Bonchev–Trinajstić information content (AvgIpc) is 3.19. The Hall–Kier alpha value is -2.34. The summed E-state index contributed by atoms with van der Waals surface area (Å²) in [6.45, 7) is 7.68. The number of nitrogens with zero attached hydrogens (tertiary/aromatic N) is 2. The van der Waals surface area contributed by atoms with Crippen molar-refractivity contribution in [3.05, 3.63) is 59.7 Å². The maximum absolute atomic E-state index is 13.4. The minimum absolute atomic E-state index is 0.160. The van der Waals surface area contributed by atoms with E-state index in [2.05, 4.69) is 11.9 Å². The standard InChI is InChI=1S/C22H28N2O3S/c1-4-5-15-27-21-12-11-19(16-20(21)17(2)3)28(25,26)24-14-13-23-22(24)18-9-7-6-8-10-18/h6-12,16-17H,4-5,13-15H2,1-3H3. The van der Waals surface area contributed by atoms with Gasteiger partial charge in [-0.2, -0.15) is 0 Å². The van der Waals surface area contributed by atoms with Crippen LogP contribution in [0.2, 0.25) is 0 Å². The van der Waals surface area contributed by atoms with Crippen LogP contribution in [0.3, 0.4) is 0 Å². The van der Waals surface area contributed by atoms with Crippen molar-refractivity contribution in [3.63, 3.8) is 0 Å². The molecule has 6 heteroatoms. The number of benzene rings is 2. The summed E-state index contributed by atoms with van der Waals surface area (Å²) in [7, 11) is -3.69. The second-order valence-electron chi connectivity index (χ2n) is 7.20. The third kappa shape index (κ3) is 4.22. The molecule has 0 radical (unpaired) electrons. The first-order valence-electron chi connectivity index (χ1n) is 9.84. The lowest BCUT2D eigenvalue weighted by Gasteiger charge is -2.22. The largest absolute Gasteiger partial charge is 0.493 e. The fraction of sp³-hybridized carbons (Fsp3) is 0.409. The van der Waals surface area contributed by atoms with Gasteiger partial charge in [-0.1, -0.05) is 57.5 Å². The molecule has 2 aromatic carbocycles. The molecule has 0 unspecified atom stereocenters. The van der Waals surface area contributed by atoms with Crippen molar-refractivity contribution in [1.29, 1.82) is 0 Å². The smallest absolute Gasteiger partial charge is 0.265 e. The Morgan fingerprint density at radius 3 is 2.57 bits per heavy atom. The number of aliphatic imine (C=N–C) groups is 1. The van der Waals surface area contributed by atoms with Crippen molar-refractivity contribution in [2.24, 2.45) is 4.99 Å². The summed E-state index contributed by atoms with van der Waals surface area (Å²) in [5.41, 5.74) is 1.72. The Kier molecular flexibility index (Phi) is 6.39. The Labute approximate surface area is 168 Å². The molecule has 0 amide bonds. The molecular weight excluding hydrogens is 372 g/mol. The minimum atomic E-state index is -3.69. The predicted octanol–water partition coefficient (Wildman–Crippen LogP) is 4.44. The average molecular weight is 401 g/mol. The van der Waals surface area contributed by atoms with Gasteiger partial charge in [0.25, 0.3) is 10.0 Å². The topological polar surface area (TPSA) is 59.0 Å². The summed E-state index contributed by atoms with van der Waals surface area (Å²) in [4.78, 5) is 4.72. The monoisotopic (exact) mass is 400 g/mol. The van der Waals surface area contributed by atoms with Gasteiger partial charge in [-0.15, -0.1) is 0 Å². The lowest BCUT2D eigenvalue weighted by Crippen LogP contribution is -2.35. The van der Waals surface area contributed by atoms with Gasteiger partial charge in [0.15, 0.2) is 0 Å². The Bertz CT molecular complexity index is 938. The number of hydrogen-bond acceptors (Lipinski definition) is 4. The van der Waals surface area contributed by atoms with Crippen LogP contribution >= 0.6 is 0 Å². The zero-order valence-electron chi connectivity index (χ0n) is 16.8. The second-order valence-corrected chi connectivity index (χ2v) is 9.07. The molecule has 3 rings (SSSR count). The third-order valence-corrected chi connectivity index (χ3v) is 6.57. The number of rotatable bonds is 8. The van der Waals surface area contributed by atoms with E-state index in [1.54, 1.807) is 18.2 Å². The molecular formula is C22H28N2O3S. The van der Waals surface area contributed by atoms with E-state index >= 15 is 0 Å². The van der Waals surface area contributed by atoms with E-state index in [0.717, 1.165) is 29.7 Å². The van der Waals surface area contributed by atoms with Crippen molar-refractivity contribution in [2.45, 2.75) is 44.4 Å². The normalized spacial score (nSPS) is 14.4. The summed E-state index contributed by atoms with van der Waals surface area (Å²) in [6.07, 6.45) is 2.03. The van der Waals surface area contributed by atoms with Crippen molar-refractivity contribution < 1.29 is 13.2 Å². The molecule has 1 heterocycles. The first-order valence-corrected chi connectivity index (χ1v) is 11.3. The highest BCUT2D eigenvalue weighted by atomic mass is 32.2. The van der Waals surface area contributed by atoms with E-state index in [4.69, 9.17) is 4.74 Å². The van der Waals surface area contributed by atoms with E-state index in [0.29, 0.717) is 25.5 Å². The molecule has 28 heavy (non-hydrogen) atoms. The van der Waals surface area contributed by atoms with E-state index in [-0.39, 0.29) is 10.8 Å². The van der Waals surface area contributed by atoms with Crippen LogP contribution in [0.5, 0.6) is 5.75 Å². The first-order chi connectivity index (χ1) is 13.4. The number of sulfonamides is 1. The van der Waals surface area contributed by atoms with E-state index in [1.807, 2.05) is 44.2 Å². The van der Waals surface area contributed by atoms with Gasteiger partial charge in [-0.3, -0.25) is 4.99 Å². The van der Waals surface area contributed by atoms with Crippen LogP contribution in [0, 0.1) is 0 Å². The summed E-state index contributed by atoms with van der Waals surface area (Å²) >= 11 is 0. The van der Waals surface area contributed by atoms with E-state index in [1.165, 1.54) is 4.31 Å². The van der Waals surface area contributed by atoms with Gasteiger partial charge in [0, 0.05) is 5.56 Å². The molecule has 1 aliphatic heterocycles. The van der Waals surface area contributed by atoms with Crippen LogP contribution in [-0.4, -0.2) is 38.3 Å². The quantitative estimate of drug-likeness (QED) is 0.616. The van der Waals surface area contributed by atoms with Crippen LogP contribution in [0.1, 0.15) is 50.7 Å². The van der Waals surface area contributed by atoms with Gasteiger partial charge in [0.05, 0.1) is 24.6 Å². The molecule has 0 N–H and O–H groups in total. The van der Waals surface area contributed by atoms with Crippen LogP contribution in [0.15, 0.2) is 58.4 Å². The SMILES string of the molecule is CCCCOc1ccc(S(=O)(=O)N2CCN=C2c2ccccc2)cc1C(C)C. The van der Waals surface area contributed by atoms with Crippen molar-refractivity contribution in [3.8, 4) is 5.75 Å². The number of ether oxygens (including phenoxy) is 1. The molecule has 2 aromatic rings. The maximum Gasteiger partial charge on any atom is 0.265 e. The highest BCUT2D eigenvalue weighted by molar-refractivity contribution is 7.89. The van der Waals surface area contributed by atoms with Gasteiger partial charge in [-0.25, -0.2) is 12.7 Å². The highest BCUT2D eigenvalue weighted by Gasteiger charge is 2.32. The third-order valence-electron chi connectivity index (χ3n) is 4.78. The fourth-order valence-electron chi connectivity index (χ4n) is 3.21. The van der Waals surface area contributed by atoms with Gasteiger partial charge in [0.2, 0.25) is 0 Å².